The summed E-state index contributed by atoms with van der Waals surface area (Å²) in [5.41, 5.74) is 0.806. The molecule has 0 spiro atoms. The first-order valence-electron chi connectivity index (χ1n) is 7.39. The molecule has 0 unspecified atom stereocenters. The van der Waals surface area contributed by atoms with Gasteiger partial charge in [-0.05, 0) is 50.2 Å². The van der Waals surface area contributed by atoms with E-state index in [1.165, 1.54) is 31.4 Å². The number of sulfonamides is 1. The summed E-state index contributed by atoms with van der Waals surface area (Å²) in [6, 6.07) is 12.4. The van der Waals surface area contributed by atoms with Crippen molar-refractivity contribution in [1.29, 1.82) is 0 Å². The first-order chi connectivity index (χ1) is 11.3. The van der Waals surface area contributed by atoms with Gasteiger partial charge >= 0.3 is 0 Å². The molecule has 0 bridgehead atoms. The molecule has 0 aliphatic carbocycles. The first-order valence-corrected chi connectivity index (χ1v) is 8.88. The maximum atomic E-state index is 12.4. The van der Waals surface area contributed by atoms with Crippen LogP contribution < -0.4 is 14.8 Å². The molecule has 128 valence electrons. The van der Waals surface area contributed by atoms with Crippen molar-refractivity contribution in [3.8, 4) is 5.75 Å². The fourth-order valence-electron chi connectivity index (χ4n) is 2.03. The monoisotopic (exact) mass is 348 g/mol. The summed E-state index contributed by atoms with van der Waals surface area (Å²) in [5.74, 6) is 0.311. The lowest BCUT2D eigenvalue weighted by molar-refractivity contribution is 0.0943. The van der Waals surface area contributed by atoms with E-state index in [4.69, 9.17) is 4.74 Å². The van der Waals surface area contributed by atoms with E-state index in [2.05, 4.69) is 10.0 Å². The second-order valence-electron chi connectivity index (χ2n) is 5.49. The number of benzene rings is 2. The van der Waals surface area contributed by atoms with Crippen LogP contribution in [-0.4, -0.2) is 27.5 Å². The van der Waals surface area contributed by atoms with Crippen LogP contribution in [0.1, 0.15) is 24.2 Å². The number of rotatable bonds is 6. The molecule has 24 heavy (non-hydrogen) atoms. The summed E-state index contributed by atoms with van der Waals surface area (Å²) in [6.45, 7) is 3.71. The fraction of sp³-hybridized carbons (Fsp3) is 0.235. The van der Waals surface area contributed by atoms with Crippen LogP contribution in [0.15, 0.2) is 53.4 Å². The number of amides is 1. The summed E-state index contributed by atoms with van der Waals surface area (Å²) in [5, 5.41) is 2.75. The number of ether oxygens (including phenoxy) is 1. The summed E-state index contributed by atoms with van der Waals surface area (Å²) in [7, 11) is -2.23. The van der Waals surface area contributed by atoms with Crippen molar-refractivity contribution in [2.75, 3.05) is 11.8 Å². The summed E-state index contributed by atoms with van der Waals surface area (Å²) < 4.78 is 32.4. The molecule has 2 rings (SSSR count). The Balaban J connectivity index is 2.18. The Labute approximate surface area is 141 Å². The zero-order chi connectivity index (χ0) is 17.7. The summed E-state index contributed by atoms with van der Waals surface area (Å²) >= 11 is 0. The Bertz CT molecular complexity index is 815. The molecular weight excluding hydrogens is 328 g/mol. The van der Waals surface area contributed by atoms with E-state index in [0.29, 0.717) is 17.0 Å². The van der Waals surface area contributed by atoms with Gasteiger partial charge in [0.2, 0.25) is 0 Å². The van der Waals surface area contributed by atoms with Gasteiger partial charge < -0.3 is 10.1 Å². The van der Waals surface area contributed by atoms with Gasteiger partial charge in [-0.25, -0.2) is 8.42 Å². The van der Waals surface area contributed by atoms with Crippen molar-refractivity contribution in [2.24, 2.45) is 0 Å². The van der Waals surface area contributed by atoms with Crippen LogP contribution in [0.3, 0.4) is 0 Å². The van der Waals surface area contributed by atoms with Gasteiger partial charge in [0.25, 0.3) is 15.9 Å². The van der Waals surface area contributed by atoms with Crippen molar-refractivity contribution in [2.45, 2.75) is 24.8 Å². The normalized spacial score (nSPS) is 11.2. The smallest absolute Gasteiger partial charge is 0.261 e. The number of anilines is 1. The van der Waals surface area contributed by atoms with Crippen LogP contribution >= 0.6 is 0 Å². The van der Waals surface area contributed by atoms with Crippen LogP contribution in [0.2, 0.25) is 0 Å². The van der Waals surface area contributed by atoms with Crippen molar-refractivity contribution < 1.29 is 17.9 Å². The molecule has 2 N–H and O–H groups in total. The van der Waals surface area contributed by atoms with Gasteiger partial charge in [0.15, 0.2) is 0 Å². The van der Waals surface area contributed by atoms with Gasteiger partial charge in [-0.3, -0.25) is 9.52 Å². The average Bonchev–Trinajstić information content (AvgIpc) is 2.54. The number of hydrogen-bond acceptors (Lipinski definition) is 4. The molecule has 0 saturated heterocycles. The lowest BCUT2D eigenvalue weighted by Crippen LogP contribution is -2.30. The van der Waals surface area contributed by atoms with E-state index < -0.39 is 10.0 Å². The Kier molecular flexibility index (Phi) is 5.46. The molecule has 0 heterocycles. The van der Waals surface area contributed by atoms with Crippen LogP contribution in [0.25, 0.3) is 0 Å². The maximum absolute atomic E-state index is 12.4. The molecule has 2 aromatic carbocycles. The summed E-state index contributed by atoms with van der Waals surface area (Å²) in [6.07, 6.45) is 0. The van der Waals surface area contributed by atoms with Crippen LogP contribution in [-0.2, 0) is 10.0 Å². The van der Waals surface area contributed by atoms with E-state index in [1.54, 1.807) is 24.3 Å². The van der Waals surface area contributed by atoms with Gasteiger partial charge in [0, 0.05) is 17.7 Å². The van der Waals surface area contributed by atoms with Crippen molar-refractivity contribution in [3.63, 3.8) is 0 Å². The zero-order valence-corrected chi connectivity index (χ0v) is 14.6. The van der Waals surface area contributed by atoms with Gasteiger partial charge in [0.05, 0.1) is 17.7 Å². The molecule has 0 aliphatic rings. The molecule has 0 saturated carbocycles. The molecular formula is C17H20N2O4S. The van der Waals surface area contributed by atoms with E-state index in [-0.39, 0.29) is 16.8 Å². The number of methoxy groups -OCH3 is 1. The number of hydrogen-bond donors (Lipinski definition) is 2. The Hall–Kier alpha value is -2.54. The largest absolute Gasteiger partial charge is 0.497 e. The second kappa shape index (κ2) is 7.35. The number of nitrogens with one attached hydrogen (secondary N) is 2. The lowest BCUT2D eigenvalue weighted by atomic mass is 10.2. The molecule has 0 atom stereocenters. The van der Waals surface area contributed by atoms with Crippen molar-refractivity contribution >= 4 is 21.6 Å². The molecule has 0 aliphatic heterocycles. The van der Waals surface area contributed by atoms with Crippen molar-refractivity contribution in [1.82, 2.24) is 5.32 Å². The molecule has 0 radical (unpaired) electrons. The SMILES string of the molecule is COc1cccc(NS(=O)(=O)c2ccc(C(=O)NC(C)C)cc2)c1. The van der Waals surface area contributed by atoms with E-state index in [1.807, 2.05) is 13.8 Å². The number of carbonyl (C=O) groups is 1. The minimum Gasteiger partial charge on any atom is -0.497 e. The maximum Gasteiger partial charge on any atom is 0.261 e. The van der Waals surface area contributed by atoms with Gasteiger partial charge in [-0.1, -0.05) is 6.07 Å². The minimum absolute atomic E-state index is 0.00985. The third-order valence-corrected chi connectivity index (χ3v) is 4.57. The highest BCUT2D eigenvalue weighted by Gasteiger charge is 2.15. The van der Waals surface area contributed by atoms with Crippen molar-refractivity contribution in [3.05, 3.63) is 54.1 Å². The van der Waals surface area contributed by atoms with Crippen LogP contribution in [0.4, 0.5) is 5.69 Å². The van der Waals surface area contributed by atoms with Gasteiger partial charge in [-0.2, -0.15) is 0 Å². The Morgan fingerprint density at radius 2 is 1.75 bits per heavy atom. The average molecular weight is 348 g/mol. The minimum atomic E-state index is -3.74. The molecule has 6 nitrogen and oxygen atoms in total. The second-order valence-corrected chi connectivity index (χ2v) is 7.17. The highest BCUT2D eigenvalue weighted by molar-refractivity contribution is 7.92. The lowest BCUT2D eigenvalue weighted by Gasteiger charge is -2.11. The molecule has 2 aromatic rings. The predicted octanol–water partition coefficient (Wildman–Crippen LogP) is 2.63. The third kappa shape index (κ3) is 4.48. The zero-order valence-electron chi connectivity index (χ0n) is 13.7. The van der Waals surface area contributed by atoms with E-state index >= 15 is 0 Å². The quantitative estimate of drug-likeness (QED) is 0.840. The predicted molar refractivity (Wildman–Crippen MR) is 92.8 cm³/mol. The van der Waals surface area contributed by atoms with Gasteiger partial charge in [0.1, 0.15) is 5.75 Å². The van der Waals surface area contributed by atoms with Crippen LogP contribution in [0.5, 0.6) is 5.75 Å². The standard InChI is InChI=1S/C17H20N2O4S/c1-12(2)18-17(20)13-7-9-16(10-8-13)24(21,22)19-14-5-4-6-15(11-14)23-3/h4-12,19H,1-3H3,(H,18,20). The van der Waals surface area contributed by atoms with E-state index in [0.717, 1.165) is 0 Å². The molecule has 7 heteroatoms. The highest BCUT2D eigenvalue weighted by atomic mass is 32.2. The number of carbonyl (C=O) groups excluding carboxylic acids is 1. The van der Waals surface area contributed by atoms with Gasteiger partial charge in [-0.15, -0.1) is 0 Å². The summed E-state index contributed by atoms with van der Waals surface area (Å²) in [4.78, 5) is 12.0. The molecule has 1 amide bonds. The fourth-order valence-corrected chi connectivity index (χ4v) is 3.08. The Morgan fingerprint density at radius 1 is 1.08 bits per heavy atom. The topological polar surface area (TPSA) is 84.5 Å². The first kappa shape index (κ1) is 17.8. The third-order valence-electron chi connectivity index (χ3n) is 3.17. The highest BCUT2D eigenvalue weighted by Crippen LogP contribution is 2.20. The molecule has 0 aromatic heterocycles. The van der Waals surface area contributed by atoms with Crippen LogP contribution in [0, 0.1) is 0 Å². The Morgan fingerprint density at radius 3 is 2.33 bits per heavy atom. The van der Waals surface area contributed by atoms with E-state index in [9.17, 15) is 13.2 Å². The molecule has 0 fully saturated rings.